The minimum atomic E-state index is -1.70. The number of carbonyl (C=O) groups is 1. The number of halogens is 4. The van der Waals surface area contributed by atoms with Gasteiger partial charge in [0, 0.05) is 17.5 Å². The summed E-state index contributed by atoms with van der Waals surface area (Å²) in [6, 6.07) is 0. The summed E-state index contributed by atoms with van der Waals surface area (Å²) in [4.78, 5) is 10.5. The van der Waals surface area contributed by atoms with Gasteiger partial charge in [0.25, 0.3) is 0 Å². The summed E-state index contributed by atoms with van der Waals surface area (Å²) in [5.74, 6) is -6.41. The van der Waals surface area contributed by atoms with E-state index in [0.717, 1.165) is 6.92 Å². The highest BCUT2D eigenvalue weighted by atomic mass is 19.2. The van der Waals surface area contributed by atoms with Crippen LogP contribution in [0, 0.1) is 30.2 Å². The molecule has 0 saturated carbocycles. The number of benzene rings is 1. The predicted molar refractivity (Wildman–Crippen MR) is 49.2 cm³/mol. The van der Waals surface area contributed by atoms with Gasteiger partial charge in [0.1, 0.15) is 11.9 Å². The second-order valence-corrected chi connectivity index (χ2v) is 3.88. The zero-order chi connectivity index (χ0) is 12.7. The van der Waals surface area contributed by atoms with Crippen molar-refractivity contribution in [1.29, 1.82) is 0 Å². The zero-order valence-corrected chi connectivity index (χ0v) is 8.82. The average Bonchev–Trinajstić information content (AvgIpc) is 2.27. The SMILES string of the molecule is Cc1c(F)c(F)c(F)c(CC2CC(=O)O2)c1F. The molecule has 92 valence electrons. The molecule has 0 spiro atoms. The predicted octanol–water partition coefficient (Wildman–Crippen LogP) is 2.41. The van der Waals surface area contributed by atoms with Crippen molar-refractivity contribution in [3.8, 4) is 0 Å². The Bertz CT molecular complexity index is 462. The van der Waals surface area contributed by atoms with Crippen molar-refractivity contribution in [2.24, 2.45) is 0 Å². The fraction of sp³-hybridized carbons (Fsp3) is 0.364. The van der Waals surface area contributed by atoms with Gasteiger partial charge in [-0.1, -0.05) is 0 Å². The van der Waals surface area contributed by atoms with E-state index in [0.29, 0.717) is 0 Å². The molecule has 0 bridgehead atoms. The van der Waals surface area contributed by atoms with Crippen LogP contribution in [0.25, 0.3) is 0 Å². The molecule has 0 radical (unpaired) electrons. The van der Waals surface area contributed by atoms with Crippen LogP contribution in [-0.2, 0) is 16.0 Å². The first-order valence-electron chi connectivity index (χ1n) is 4.92. The normalized spacial score (nSPS) is 18.9. The molecule has 2 rings (SSSR count). The quantitative estimate of drug-likeness (QED) is 0.348. The number of rotatable bonds is 2. The first-order chi connectivity index (χ1) is 7.91. The van der Waals surface area contributed by atoms with Gasteiger partial charge < -0.3 is 4.74 Å². The van der Waals surface area contributed by atoms with Crippen LogP contribution >= 0.6 is 0 Å². The molecule has 1 aliphatic rings. The molecular formula is C11H8F4O2. The number of hydrogen-bond acceptors (Lipinski definition) is 2. The second-order valence-electron chi connectivity index (χ2n) is 3.88. The Labute approximate surface area is 94.2 Å². The molecule has 1 aliphatic heterocycles. The van der Waals surface area contributed by atoms with Crippen LogP contribution in [-0.4, -0.2) is 12.1 Å². The van der Waals surface area contributed by atoms with Crippen LogP contribution in [0.2, 0.25) is 0 Å². The fourth-order valence-electron chi connectivity index (χ4n) is 1.70. The van der Waals surface area contributed by atoms with Crippen molar-refractivity contribution >= 4 is 5.97 Å². The summed E-state index contributed by atoms with van der Waals surface area (Å²) >= 11 is 0. The van der Waals surface area contributed by atoms with E-state index >= 15 is 0 Å². The monoisotopic (exact) mass is 248 g/mol. The topological polar surface area (TPSA) is 26.3 Å². The van der Waals surface area contributed by atoms with Crippen molar-refractivity contribution in [3.63, 3.8) is 0 Å². The van der Waals surface area contributed by atoms with Gasteiger partial charge in [-0.05, 0) is 6.92 Å². The van der Waals surface area contributed by atoms with Gasteiger partial charge in [-0.15, -0.1) is 0 Å². The van der Waals surface area contributed by atoms with Crippen LogP contribution in [0.15, 0.2) is 0 Å². The van der Waals surface area contributed by atoms with Crippen LogP contribution < -0.4 is 0 Å². The van der Waals surface area contributed by atoms with Crippen molar-refractivity contribution in [2.45, 2.75) is 25.9 Å². The summed E-state index contributed by atoms with van der Waals surface area (Å²) < 4.78 is 57.5. The van der Waals surface area contributed by atoms with Gasteiger partial charge in [-0.3, -0.25) is 4.79 Å². The van der Waals surface area contributed by atoms with Gasteiger partial charge >= 0.3 is 5.97 Å². The van der Waals surface area contributed by atoms with E-state index in [1.54, 1.807) is 0 Å². The van der Waals surface area contributed by atoms with Crippen LogP contribution in [0.3, 0.4) is 0 Å². The molecule has 0 N–H and O–H groups in total. The molecule has 2 nitrogen and oxygen atoms in total. The minimum absolute atomic E-state index is 0.0247. The van der Waals surface area contributed by atoms with Crippen LogP contribution in [0.4, 0.5) is 17.6 Å². The molecule has 1 aromatic rings. The Hall–Kier alpha value is -1.59. The minimum Gasteiger partial charge on any atom is -0.461 e. The Balaban J connectivity index is 2.36. The molecular weight excluding hydrogens is 240 g/mol. The average molecular weight is 248 g/mol. The van der Waals surface area contributed by atoms with Crippen molar-refractivity contribution in [3.05, 3.63) is 34.4 Å². The molecule has 6 heteroatoms. The van der Waals surface area contributed by atoms with Gasteiger partial charge in [0.15, 0.2) is 17.5 Å². The molecule has 0 aliphatic carbocycles. The Morgan fingerprint density at radius 3 is 2.24 bits per heavy atom. The summed E-state index contributed by atoms with van der Waals surface area (Å²) in [6.45, 7) is 1.02. The molecule has 0 amide bonds. The molecule has 1 aromatic carbocycles. The maximum Gasteiger partial charge on any atom is 0.309 e. The van der Waals surface area contributed by atoms with Crippen molar-refractivity contribution in [1.82, 2.24) is 0 Å². The smallest absolute Gasteiger partial charge is 0.309 e. The first-order valence-corrected chi connectivity index (χ1v) is 4.92. The van der Waals surface area contributed by atoms with E-state index in [1.165, 1.54) is 0 Å². The van der Waals surface area contributed by atoms with Gasteiger partial charge in [0.05, 0.1) is 6.42 Å². The molecule has 1 saturated heterocycles. The molecule has 1 fully saturated rings. The van der Waals surface area contributed by atoms with Crippen LogP contribution in [0.5, 0.6) is 0 Å². The van der Waals surface area contributed by atoms with E-state index in [9.17, 15) is 22.4 Å². The third-order valence-electron chi connectivity index (χ3n) is 2.70. The third-order valence-corrected chi connectivity index (χ3v) is 2.70. The molecule has 1 heterocycles. The van der Waals surface area contributed by atoms with Gasteiger partial charge in [-0.25, -0.2) is 17.6 Å². The maximum atomic E-state index is 13.5. The van der Waals surface area contributed by atoms with E-state index in [2.05, 4.69) is 4.74 Å². The molecule has 1 atom stereocenters. The molecule has 0 aromatic heterocycles. The highest BCUT2D eigenvalue weighted by Gasteiger charge is 2.32. The zero-order valence-electron chi connectivity index (χ0n) is 8.82. The maximum absolute atomic E-state index is 13.5. The standard InChI is InChI=1S/C11H8F4O2/c1-4-8(12)6(2-5-3-7(16)17-5)10(14)11(15)9(4)13/h5H,2-3H2,1H3. The first kappa shape index (κ1) is 11.9. The highest BCUT2D eigenvalue weighted by molar-refractivity contribution is 5.75. The van der Waals surface area contributed by atoms with Crippen molar-refractivity contribution in [2.75, 3.05) is 0 Å². The largest absolute Gasteiger partial charge is 0.461 e. The van der Waals surface area contributed by atoms with E-state index in [-0.39, 0.29) is 12.8 Å². The van der Waals surface area contributed by atoms with E-state index in [1.807, 2.05) is 0 Å². The number of hydrogen-bond donors (Lipinski definition) is 0. The molecule has 1 unspecified atom stereocenters. The Kier molecular flexibility index (Phi) is 2.81. The van der Waals surface area contributed by atoms with Gasteiger partial charge in [0.2, 0.25) is 0 Å². The van der Waals surface area contributed by atoms with Crippen LogP contribution in [0.1, 0.15) is 17.5 Å². The lowest BCUT2D eigenvalue weighted by molar-refractivity contribution is -0.169. The summed E-state index contributed by atoms with van der Waals surface area (Å²) in [5, 5.41) is 0. The molecule has 17 heavy (non-hydrogen) atoms. The lowest BCUT2D eigenvalue weighted by atomic mass is 9.99. The van der Waals surface area contributed by atoms with E-state index in [4.69, 9.17) is 0 Å². The van der Waals surface area contributed by atoms with Gasteiger partial charge in [-0.2, -0.15) is 0 Å². The number of ether oxygens (including phenoxy) is 1. The number of cyclic esters (lactones) is 1. The lowest BCUT2D eigenvalue weighted by Crippen LogP contribution is -2.35. The summed E-state index contributed by atoms with van der Waals surface area (Å²) in [5.41, 5.74) is -1.16. The number of carbonyl (C=O) groups excluding carboxylic acids is 1. The summed E-state index contributed by atoms with van der Waals surface area (Å²) in [6.07, 6.45) is -0.936. The highest BCUT2D eigenvalue weighted by Crippen LogP contribution is 2.27. The lowest BCUT2D eigenvalue weighted by Gasteiger charge is -2.26. The fourth-order valence-corrected chi connectivity index (χ4v) is 1.70. The third kappa shape index (κ3) is 1.87. The Morgan fingerprint density at radius 1 is 1.12 bits per heavy atom. The number of esters is 1. The van der Waals surface area contributed by atoms with Crippen molar-refractivity contribution < 1.29 is 27.1 Å². The van der Waals surface area contributed by atoms with E-state index < -0.39 is 46.5 Å². The summed E-state index contributed by atoms with van der Waals surface area (Å²) in [7, 11) is 0. The Morgan fingerprint density at radius 2 is 1.71 bits per heavy atom. The second kappa shape index (κ2) is 4.01.